The van der Waals surface area contributed by atoms with Crippen molar-refractivity contribution in [2.75, 3.05) is 0 Å². The smallest absolute Gasteiger partial charge is 0.256 e. The Morgan fingerprint density at radius 1 is 1.29 bits per heavy atom. The quantitative estimate of drug-likeness (QED) is 0.605. The second kappa shape index (κ2) is 2.99. The molecule has 70 valence electrons. The lowest BCUT2D eigenvalue weighted by Crippen LogP contribution is -2.21. The van der Waals surface area contributed by atoms with Crippen LogP contribution in [0, 0.1) is 0 Å². The number of benzene rings is 1. The van der Waals surface area contributed by atoms with E-state index < -0.39 is 5.97 Å². The van der Waals surface area contributed by atoms with Crippen molar-refractivity contribution in [1.82, 2.24) is 5.32 Å². The predicted molar refractivity (Wildman–Crippen MR) is 46.9 cm³/mol. The molecule has 4 nitrogen and oxygen atoms in total. The van der Waals surface area contributed by atoms with E-state index in [0.717, 1.165) is 6.08 Å². The maximum absolute atomic E-state index is 11.3. The third-order valence-electron chi connectivity index (χ3n) is 1.97. The molecule has 0 bridgehead atoms. The SMILES string of the molecule is O=C([O-])/C=C1\NC(=O)c2ccccc21. The Balaban J connectivity index is 2.54. The minimum atomic E-state index is -1.32. The number of hydrogen-bond donors (Lipinski definition) is 1. The van der Waals surface area contributed by atoms with Gasteiger partial charge in [0.15, 0.2) is 0 Å². The van der Waals surface area contributed by atoms with Gasteiger partial charge in [0.05, 0.1) is 11.7 Å². The number of carboxylic acid groups (broad SMARTS) is 1. The Morgan fingerprint density at radius 3 is 2.57 bits per heavy atom. The van der Waals surface area contributed by atoms with Gasteiger partial charge in [0.1, 0.15) is 0 Å². The normalized spacial score (nSPS) is 16.6. The number of carboxylic acids is 1. The molecular formula is C10H6NO3-. The van der Waals surface area contributed by atoms with Gasteiger partial charge in [-0.25, -0.2) is 0 Å². The molecule has 14 heavy (non-hydrogen) atoms. The van der Waals surface area contributed by atoms with E-state index in [0.29, 0.717) is 11.1 Å². The van der Waals surface area contributed by atoms with Crippen molar-refractivity contribution < 1.29 is 14.7 Å². The first-order valence-corrected chi connectivity index (χ1v) is 4.02. The fourth-order valence-electron chi connectivity index (χ4n) is 1.40. The Hall–Kier alpha value is -2.10. The fraction of sp³-hybridized carbons (Fsp3) is 0. The lowest BCUT2D eigenvalue weighted by molar-refractivity contribution is -0.297. The number of aliphatic carboxylic acids is 1. The van der Waals surface area contributed by atoms with Gasteiger partial charge >= 0.3 is 0 Å². The van der Waals surface area contributed by atoms with Gasteiger partial charge in [0.2, 0.25) is 0 Å². The van der Waals surface area contributed by atoms with E-state index in [1.54, 1.807) is 24.3 Å². The van der Waals surface area contributed by atoms with Crippen molar-refractivity contribution in [3.63, 3.8) is 0 Å². The molecule has 1 heterocycles. The molecule has 0 saturated carbocycles. The Kier molecular flexibility index (Phi) is 1.81. The summed E-state index contributed by atoms with van der Waals surface area (Å²) in [5.74, 6) is -1.61. The zero-order valence-electron chi connectivity index (χ0n) is 7.11. The Morgan fingerprint density at radius 2 is 1.93 bits per heavy atom. The third kappa shape index (κ3) is 1.26. The molecule has 1 aromatic rings. The second-order valence-electron chi connectivity index (χ2n) is 2.88. The number of rotatable bonds is 1. The number of hydrogen-bond acceptors (Lipinski definition) is 3. The summed E-state index contributed by atoms with van der Waals surface area (Å²) < 4.78 is 0. The summed E-state index contributed by atoms with van der Waals surface area (Å²) in [6, 6.07) is 6.78. The molecular weight excluding hydrogens is 182 g/mol. The molecule has 1 aliphatic heterocycles. The van der Waals surface area contributed by atoms with Crippen molar-refractivity contribution in [3.05, 3.63) is 41.5 Å². The van der Waals surface area contributed by atoms with Crippen LogP contribution in [0.1, 0.15) is 15.9 Å². The van der Waals surface area contributed by atoms with E-state index in [-0.39, 0.29) is 11.6 Å². The van der Waals surface area contributed by atoms with E-state index in [1.165, 1.54) is 0 Å². The van der Waals surface area contributed by atoms with E-state index in [4.69, 9.17) is 0 Å². The highest BCUT2D eigenvalue weighted by Gasteiger charge is 2.22. The first-order valence-electron chi connectivity index (χ1n) is 4.02. The molecule has 0 fully saturated rings. The van der Waals surface area contributed by atoms with Crippen LogP contribution in [-0.4, -0.2) is 11.9 Å². The first kappa shape index (κ1) is 8.50. The number of fused-ring (bicyclic) bond motifs is 1. The second-order valence-corrected chi connectivity index (χ2v) is 2.88. The number of amides is 1. The maximum Gasteiger partial charge on any atom is 0.256 e. The standard InChI is InChI=1S/C10H7NO3/c12-9(13)5-8-6-3-1-2-4-7(6)10(14)11-8/h1-5H,(H,11,14)(H,12,13)/p-1/b8-5-. The zero-order chi connectivity index (χ0) is 10.1. The number of carbonyl (C=O) groups excluding carboxylic acids is 2. The van der Waals surface area contributed by atoms with Gasteiger partial charge in [-0.1, -0.05) is 18.2 Å². The molecule has 1 amide bonds. The van der Waals surface area contributed by atoms with Crippen molar-refractivity contribution in [2.45, 2.75) is 0 Å². The highest BCUT2D eigenvalue weighted by Crippen LogP contribution is 2.23. The van der Waals surface area contributed by atoms with Crippen LogP contribution in [0.4, 0.5) is 0 Å². The van der Waals surface area contributed by atoms with E-state index >= 15 is 0 Å². The molecule has 2 rings (SSSR count). The molecule has 0 spiro atoms. The van der Waals surface area contributed by atoms with Crippen LogP contribution in [0.3, 0.4) is 0 Å². The van der Waals surface area contributed by atoms with Crippen LogP contribution < -0.4 is 10.4 Å². The van der Waals surface area contributed by atoms with Crippen LogP contribution in [0.5, 0.6) is 0 Å². The first-order chi connectivity index (χ1) is 6.68. The van der Waals surface area contributed by atoms with Gasteiger partial charge in [0.25, 0.3) is 5.91 Å². The summed E-state index contributed by atoms with van der Waals surface area (Å²) in [5.41, 5.74) is 1.37. The summed E-state index contributed by atoms with van der Waals surface area (Å²) in [6.07, 6.45) is 0.879. The lowest BCUT2D eigenvalue weighted by atomic mass is 10.1. The van der Waals surface area contributed by atoms with Gasteiger partial charge in [-0.2, -0.15) is 0 Å². The van der Waals surface area contributed by atoms with E-state index in [1.807, 2.05) is 0 Å². The molecule has 0 aromatic heterocycles. The Bertz CT molecular complexity index is 448. The maximum atomic E-state index is 11.3. The van der Waals surface area contributed by atoms with Crippen molar-refractivity contribution >= 4 is 17.6 Å². The van der Waals surface area contributed by atoms with Crippen molar-refractivity contribution in [1.29, 1.82) is 0 Å². The summed E-state index contributed by atoms with van der Waals surface area (Å²) >= 11 is 0. The van der Waals surface area contributed by atoms with Gasteiger partial charge in [0, 0.05) is 11.1 Å². The molecule has 0 saturated heterocycles. The largest absolute Gasteiger partial charge is 0.545 e. The molecule has 1 aromatic carbocycles. The molecule has 1 N–H and O–H groups in total. The average Bonchev–Trinajstić information content (AvgIpc) is 2.44. The number of nitrogens with one attached hydrogen (secondary N) is 1. The minimum absolute atomic E-state index is 0.283. The van der Waals surface area contributed by atoms with Crippen LogP contribution in [0.25, 0.3) is 5.70 Å². The van der Waals surface area contributed by atoms with Crippen LogP contribution in [0.15, 0.2) is 30.3 Å². The summed E-state index contributed by atoms with van der Waals surface area (Å²) in [6.45, 7) is 0. The van der Waals surface area contributed by atoms with Crippen LogP contribution >= 0.6 is 0 Å². The molecule has 4 heteroatoms. The lowest BCUT2D eigenvalue weighted by Gasteiger charge is -1.99. The topological polar surface area (TPSA) is 69.2 Å². The molecule has 0 radical (unpaired) electrons. The fourth-order valence-corrected chi connectivity index (χ4v) is 1.40. The van der Waals surface area contributed by atoms with Crippen molar-refractivity contribution in [3.8, 4) is 0 Å². The minimum Gasteiger partial charge on any atom is -0.545 e. The van der Waals surface area contributed by atoms with E-state index in [2.05, 4.69) is 5.32 Å². The van der Waals surface area contributed by atoms with Crippen LogP contribution in [-0.2, 0) is 4.79 Å². The summed E-state index contributed by atoms with van der Waals surface area (Å²) in [5, 5.41) is 12.8. The highest BCUT2D eigenvalue weighted by molar-refractivity contribution is 6.11. The van der Waals surface area contributed by atoms with Crippen LogP contribution in [0.2, 0.25) is 0 Å². The highest BCUT2D eigenvalue weighted by atomic mass is 16.4. The van der Waals surface area contributed by atoms with Gasteiger partial charge in [-0.15, -0.1) is 0 Å². The predicted octanol–water partition coefficient (Wildman–Crippen LogP) is -0.479. The summed E-state index contributed by atoms with van der Waals surface area (Å²) in [7, 11) is 0. The van der Waals surface area contributed by atoms with Gasteiger partial charge in [-0.3, -0.25) is 4.79 Å². The molecule has 0 aliphatic carbocycles. The zero-order valence-corrected chi connectivity index (χ0v) is 7.11. The van der Waals surface area contributed by atoms with E-state index in [9.17, 15) is 14.7 Å². The Labute approximate surface area is 79.9 Å². The van der Waals surface area contributed by atoms with Gasteiger partial charge < -0.3 is 15.2 Å². The monoisotopic (exact) mass is 188 g/mol. The average molecular weight is 188 g/mol. The van der Waals surface area contributed by atoms with Gasteiger partial charge in [-0.05, 0) is 12.1 Å². The molecule has 0 unspecified atom stereocenters. The molecule has 0 atom stereocenters. The van der Waals surface area contributed by atoms with Crippen molar-refractivity contribution in [2.24, 2.45) is 0 Å². The summed E-state index contributed by atoms with van der Waals surface area (Å²) in [4.78, 5) is 21.6. The number of carbonyl (C=O) groups is 2. The molecule has 1 aliphatic rings. The third-order valence-corrected chi connectivity index (χ3v) is 1.97.